The first-order chi connectivity index (χ1) is 4.46. The van der Waals surface area contributed by atoms with E-state index >= 15 is 0 Å². The van der Waals surface area contributed by atoms with Crippen LogP contribution >= 0.6 is 0 Å². The summed E-state index contributed by atoms with van der Waals surface area (Å²) >= 11 is 0. The van der Waals surface area contributed by atoms with Crippen LogP contribution < -0.4 is 0 Å². The average molecular weight is 148 g/mol. The van der Waals surface area contributed by atoms with Gasteiger partial charge in [0.1, 0.15) is 8.41 Å². The Morgan fingerprint density at radius 1 is 1.20 bits per heavy atom. The van der Waals surface area contributed by atoms with Gasteiger partial charge in [-0.2, -0.15) is 0 Å². The second kappa shape index (κ2) is 3.27. The van der Waals surface area contributed by atoms with Gasteiger partial charge in [-0.3, -0.25) is 0 Å². The summed E-state index contributed by atoms with van der Waals surface area (Å²) in [4.78, 5) is 0. The van der Waals surface area contributed by atoms with Crippen LogP contribution in [0.15, 0.2) is 23.6 Å². The molecule has 0 unspecified atom stereocenters. The van der Waals surface area contributed by atoms with Crippen molar-refractivity contribution in [1.82, 2.24) is 0 Å². The predicted octanol–water partition coefficient (Wildman–Crippen LogP) is 1.76. The predicted molar refractivity (Wildman–Crippen MR) is 50.5 cm³/mol. The Morgan fingerprint density at radius 2 is 1.60 bits per heavy atom. The molecule has 0 rings (SSSR count). The molecule has 0 aliphatic carbocycles. The molecule has 0 atom stereocenters. The maximum absolute atomic E-state index is 3.73. The molecule has 0 aliphatic heterocycles. The average Bonchev–Trinajstić information content (AvgIpc) is 1.59. The van der Waals surface area contributed by atoms with Gasteiger partial charge >= 0.3 is 0 Å². The molecule has 0 radical (unpaired) electrons. The Balaban J connectivity index is 4.79. The van der Waals surface area contributed by atoms with Crippen molar-refractivity contribution >= 4 is 13.6 Å². The molecule has 0 heterocycles. The molecule has 0 nitrogen and oxygen atoms in total. The first kappa shape index (κ1) is 9.05. The van der Waals surface area contributed by atoms with Crippen LogP contribution in [0, 0.1) is 27.7 Å². The lowest BCUT2D eigenvalue weighted by Gasteiger charge is -2.06. The summed E-state index contributed by atoms with van der Waals surface area (Å²) in [6.07, 6.45) is 0. The minimum Gasteiger partial charge on any atom is -0.242 e. The second-order valence-electron chi connectivity index (χ2n) is 2.19. The van der Waals surface area contributed by atoms with Crippen molar-refractivity contribution in [3.05, 3.63) is 51.2 Å². The normalized spacial score (nSPS) is 8.40. The zero-order valence-corrected chi connectivity index (χ0v) is 7.24. The van der Waals surface area contributed by atoms with Crippen molar-refractivity contribution < 1.29 is 0 Å². The third kappa shape index (κ3) is 2.11. The van der Waals surface area contributed by atoms with Crippen LogP contribution in [-0.2, 0) is 0 Å². The minimum atomic E-state index is -1.01. The van der Waals surface area contributed by atoms with Crippen molar-refractivity contribution in [3.63, 3.8) is 0 Å². The molecule has 0 amide bonds. The summed E-state index contributed by atoms with van der Waals surface area (Å²) in [5, 5.41) is 2.56. The van der Waals surface area contributed by atoms with Gasteiger partial charge in [0.25, 0.3) is 0 Å². The molecule has 0 saturated heterocycles. The van der Waals surface area contributed by atoms with Crippen LogP contribution in [0.3, 0.4) is 0 Å². The summed E-state index contributed by atoms with van der Waals surface area (Å²) in [6, 6.07) is 0. The fraction of sp³-hybridized carbons (Fsp3) is 0. The quantitative estimate of drug-likeness (QED) is 0.413. The lowest BCUT2D eigenvalue weighted by atomic mass is 10.6. The van der Waals surface area contributed by atoms with Crippen molar-refractivity contribution in [2.24, 2.45) is 0 Å². The van der Waals surface area contributed by atoms with E-state index in [9.17, 15) is 0 Å². The monoisotopic (exact) mass is 148 g/mol. The molecule has 0 N–H and O–H groups in total. The smallest absolute Gasteiger partial charge is 0.102 e. The Bertz CT molecular complexity index is 177. The van der Waals surface area contributed by atoms with Gasteiger partial charge in [-0.05, 0) is 5.17 Å². The topological polar surface area (TPSA) is 0 Å². The van der Waals surface area contributed by atoms with Gasteiger partial charge in [0, 0.05) is 13.5 Å². The molecule has 0 bridgehead atoms. The molecule has 0 aromatic rings. The van der Waals surface area contributed by atoms with Crippen molar-refractivity contribution in [2.75, 3.05) is 0 Å². The highest BCUT2D eigenvalue weighted by Crippen LogP contribution is 1.99. The van der Waals surface area contributed by atoms with Crippen LogP contribution in [-0.4, -0.2) is 13.6 Å². The van der Waals surface area contributed by atoms with Gasteiger partial charge in [0.05, 0.1) is 5.20 Å². The zero-order chi connectivity index (χ0) is 8.31. The maximum Gasteiger partial charge on any atom is 0.102 e. The van der Waals surface area contributed by atoms with Crippen LogP contribution in [0.1, 0.15) is 0 Å². The minimum absolute atomic E-state index is 0.852. The molecule has 0 fully saturated rings. The fourth-order valence-electron chi connectivity index (χ4n) is 0.750. The molecule has 52 valence electrons. The zero-order valence-electron chi connectivity index (χ0n) is 6.24. The number of hydrogen-bond acceptors (Lipinski definition) is 0. The van der Waals surface area contributed by atoms with E-state index in [-0.39, 0.29) is 0 Å². The summed E-state index contributed by atoms with van der Waals surface area (Å²) < 4.78 is 0. The first-order valence-electron chi connectivity index (χ1n) is 2.87. The largest absolute Gasteiger partial charge is 0.242 e. The van der Waals surface area contributed by atoms with Crippen molar-refractivity contribution in [1.29, 1.82) is 0 Å². The van der Waals surface area contributed by atoms with Gasteiger partial charge in [-0.1, -0.05) is 13.8 Å². The van der Waals surface area contributed by atoms with E-state index in [2.05, 4.69) is 40.9 Å². The first-order valence-corrected chi connectivity index (χ1v) is 4.37. The highest BCUT2D eigenvalue weighted by Gasteiger charge is 2.03. The Morgan fingerprint density at radius 3 is 1.60 bits per heavy atom. The molecule has 1 heteroatoms. The lowest BCUT2D eigenvalue weighted by Crippen LogP contribution is -2.14. The van der Waals surface area contributed by atoms with E-state index in [1.807, 2.05) is 0 Å². The van der Waals surface area contributed by atoms with E-state index in [1.54, 1.807) is 0 Å². The molecule has 0 saturated carbocycles. The van der Waals surface area contributed by atoms with E-state index in [1.165, 1.54) is 0 Å². The number of allylic oxidation sites excluding steroid dienone is 2. The maximum atomic E-state index is 3.73. The number of hydrogen-bond donors (Lipinski definition) is 0. The third-order valence-electron chi connectivity index (χ3n) is 1.06. The van der Waals surface area contributed by atoms with Crippen molar-refractivity contribution in [2.45, 2.75) is 0 Å². The highest BCUT2D eigenvalue weighted by atomic mass is 28.2. The van der Waals surface area contributed by atoms with Gasteiger partial charge in [-0.25, -0.2) is 18.7 Å². The van der Waals surface area contributed by atoms with E-state index in [0.717, 1.165) is 15.6 Å². The summed E-state index contributed by atoms with van der Waals surface area (Å²) in [6.45, 7) is 22.4. The molecule has 0 aromatic heterocycles. The fourth-order valence-corrected chi connectivity index (χ4v) is 2.25. The van der Waals surface area contributed by atoms with Crippen molar-refractivity contribution in [3.8, 4) is 0 Å². The molecule has 0 aliphatic rings. The Hall–Kier alpha value is -0.953. The van der Waals surface area contributed by atoms with Crippen LogP contribution in [0.25, 0.3) is 0 Å². The molecular weight excluding hydrogens is 136 g/mol. The van der Waals surface area contributed by atoms with Gasteiger partial charge < -0.3 is 0 Å². The third-order valence-corrected chi connectivity index (χ3v) is 3.18. The molecular formula is C9H12Si. The summed E-state index contributed by atoms with van der Waals surface area (Å²) in [5.41, 5.74) is 0. The van der Waals surface area contributed by atoms with Gasteiger partial charge in [-0.15, -0.1) is 0 Å². The molecule has 0 spiro atoms. The lowest BCUT2D eigenvalue weighted by molar-refractivity contribution is 1.90. The second-order valence-corrected chi connectivity index (χ2v) is 5.06. The van der Waals surface area contributed by atoms with E-state index < -0.39 is 8.41 Å². The summed E-state index contributed by atoms with van der Waals surface area (Å²) in [7, 11) is -1.01. The number of rotatable bonds is 2. The standard InChI is InChI=1S/C9H12Si/c1-7(2)10(8(3)4)9(5)6/h1-6H2. The highest BCUT2D eigenvalue weighted by molar-refractivity contribution is 6.84. The van der Waals surface area contributed by atoms with Crippen LogP contribution in [0.4, 0.5) is 0 Å². The Kier molecular flexibility index (Phi) is 2.96. The van der Waals surface area contributed by atoms with Crippen LogP contribution in [0.2, 0.25) is 0 Å². The SMILES string of the molecule is C=C([CH2+])[Si](C(=C)[CH2-])=C([CH2+])[CH2-]. The van der Waals surface area contributed by atoms with Gasteiger partial charge in [0.2, 0.25) is 0 Å². The molecule has 0 aromatic carbocycles. The van der Waals surface area contributed by atoms with E-state index in [4.69, 9.17) is 0 Å². The van der Waals surface area contributed by atoms with Gasteiger partial charge in [0.15, 0.2) is 0 Å². The van der Waals surface area contributed by atoms with Crippen LogP contribution in [0.5, 0.6) is 0 Å². The summed E-state index contributed by atoms with van der Waals surface area (Å²) in [5.74, 6) is 0. The molecule has 10 heavy (non-hydrogen) atoms. The Labute approximate surface area is 65.5 Å². The van der Waals surface area contributed by atoms with E-state index in [0.29, 0.717) is 0 Å².